The lowest BCUT2D eigenvalue weighted by atomic mass is 9.89. The van der Waals surface area contributed by atoms with Crippen molar-refractivity contribution in [1.29, 1.82) is 0 Å². The van der Waals surface area contributed by atoms with E-state index in [0.29, 0.717) is 0 Å². The van der Waals surface area contributed by atoms with Crippen molar-refractivity contribution in [2.45, 2.75) is 38.2 Å². The van der Waals surface area contributed by atoms with Crippen molar-refractivity contribution >= 4 is 5.91 Å². The summed E-state index contributed by atoms with van der Waals surface area (Å²) in [6.07, 6.45) is 4.46. The zero-order valence-electron chi connectivity index (χ0n) is 8.21. The van der Waals surface area contributed by atoms with Crippen LogP contribution >= 0.6 is 0 Å². The molecule has 13 heavy (non-hydrogen) atoms. The molecule has 0 radical (unpaired) electrons. The van der Waals surface area contributed by atoms with E-state index in [9.17, 15) is 4.79 Å². The van der Waals surface area contributed by atoms with E-state index >= 15 is 0 Å². The van der Waals surface area contributed by atoms with Gasteiger partial charge < -0.3 is 9.64 Å². The van der Waals surface area contributed by atoms with Crippen LogP contribution in [0.1, 0.15) is 32.6 Å². The predicted molar refractivity (Wildman–Crippen MR) is 49.4 cm³/mol. The Labute approximate surface area is 79.0 Å². The highest BCUT2D eigenvalue weighted by Crippen LogP contribution is 2.35. The highest BCUT2D eigenvalue weighted by Gasteiger charge is 2.38. The molecular formula is C10H17NO2. The van der Waals surface area contributed by atoms with Crippen LogP contribution in [0.25, 0.3) is 0 Å². The minimum absolute atomic E-state index is 0.145. The quantitative estimate of drug-likeness (QED) is 0.564. The fourth-order valence-electron chi connectivity index (χ4n) is 2.38. The molecule has 1 amide bonds. The Bertz CT molecular complexity index is 199. The summed E-state index contributed by atoms with van der Waals surface area (Å²) in [5.74, 6) is 0.202. The van der Waals surface area contributed by atoms with Crippen LogP contribution in [-0.4, -0.2) is 36.1 Å². The molecule has 2 heterocycles. The molecule has 3 nitrogen and oxygen atoms in total. The molecule has 2 aliphatic heterocycles. The van der Waals surface area contributed by atoms with Gasteiger partial charge in [-0.1, -0.05) is 0 Å². The lowest BCUT2D eigenvalue weighted by Gasteiger charge is -2.38. The first-order chi connectivity index (χ1) is 6.22. The molecule has 0 N–H and O–H groups in total. The number of likely N-dealkylation sites (tertiary alicyclic amines) is 1. The van der Waals surface area contributed by atoms with Gasteiger partial charge in [-0.15, -0.1) is 0 Å². The highest BCUT2D eigenvalue weighted by atomic mass is 16.5. The van der Waals surface area contributed by atoms with Crippen LogP contribution in [0.3, 0.4) is 0 Å². The van der Waals surface area contributed by atoms with Gasteiger partial charge in [0.1, 0.15) is 0 Å². The summed E-state index contributed by atoms with van der Waals surface area (Å²) >= 11 is 0. The van der Waals surface area contributed by atoms with Gasteiger partial charge in [-0.05, 0) is 25.7 Å². The fourth-order valence-corrected chi connectivity index (χ4v) is 2.38. The second kappa shape index (κ2) is 3.29. The van der Waals surface area contributed by atoms with Crippen LogP contribution in [0.4, 0.5) is 0 Å². The Kier molecular flexibility index (Phi) is 2.28. The standard InChI is InChI=1S/C10H17NO2/c1-9(12)11-6-4-10(5-7-11)3-2-8-13-10/h2-8H2,1H3. The summed E-state index contributed by atoms with van der Waals surface area (Å²) in [5.41, 5.74) is 0.145. The van der Waals surface area contributed by atoms with Crippen LogP contribution < -0.4 is 0 Å². The first-order valence-electron chi connectivity index (χ1n) is 5.11. The maximum absolute atomic E-state index is 11.1. The van der Waals surface area contributed by atoms with Gasteiger partial charge in [0.05, 0.1) is 5.60 Å². The maximum Gasteiger partial charge on any atom is 0.219 e. The third-order valence-electron chi connectivity index (χ3n) is 3.30. The maximum atomic E-state index is 11.1. The molecule has 2 fully saturated rings. The number of hydrogen-bond acceptors (Lipinski definition) is 2. The van der Waals surface area contributed by atoms with Gasteiger partial charge in [-0.25, -0.2) is 0 Å². The number of piperidine rings is 1. The van der Waals surface area contributed by atoms with Crippen molar-refractivity contribution < 1.29 is 9.53 Å². The lowest BCUT2D eigenvalue weighted by molar-refractivity contribution is -0.133. The van der Waals surface area contributed by atoms with Crippen molar-refractivity contribution in [2.75, 3.05) is 19.7 Å². The minimum atomic E-state index is 0.145. The zero-order chi connectivity index (χ0) is 9.31. The second-order valence-corrected chi connectivity index (χ2v) is 4.14. The number of carbonyl (C=O) groups is 1. The Hall–Kier alpha value is -0.570. The molecule has 0 aromatic rings. The topological polar surface area (TPSA) is 29.5 Å². The van der Waals surface area contributed by atoms with Crippen LogP contribution in [0, 0.1) is 0 Å². The molecule has 74 valence electrons. The second-order valence-electron chi connectivity index (χ2n) is 4.14. The molecule has 2 rings (SSSR count). The number of nitrogens with zero attached hydrogens (tertiary/aromatic N) is 1. The van der Waals surface area contributed by atoms with E-state index in [4.69, 9.17) is 4.74 Å². The molecule has 0 saturated carbocycles. The smallest absolute Gasteiger partial charge is 0.219 e. The summed E-state index contributed by atoms with van der Waals surface area (Å²) in [6, 6.07) is 0. The average Bonchev–Trinajstić information content (AvgIpc) is 2.54. The average molecular weight is 183 g/mol. The Morgan fingerprint density at radius 3 is 2.46 bits per heavy atom. The summed E-state index contributed by atoms with van der Waals surface area (Å²) in [5, 5.41) is 0. The predicted octanol–water partition coefficient (Wildman–Crippen LogP) is 1.18. The number of ether oxygens (including phenoxy) is 1. The van der Waals surface area contributed by atoms with Crippen LogP contribution in [0.5, 0.6) is 0 Å². The van der Waals surface area contributed by atoms with Gasteiger partial charge in [-0.2, -0.15) is 0 Å². The van der Waals surface area contributed by atoms with Crippen molar-refractivity contribution in [3.05, 3.63) is 0 Å². The first-order valence-corrected chi connectivity index (χ1v) is 5.11. The summed E-state index contributed by atoms with van der Waals surface area (Å²) in [7, 11) is 0. The highest BCUT2D eigenvalue weighted by molar-refractivity contribution is 5.73. The molecular weight excluding hydrogens is 166 g/mol. The van der Waals surface area contributed by atoms with Gasteiger partial charge >= 0.3 is 0 Å². The zero-order valence-corrected chi connectivity index (χ0v) is 8.21. The Morgan fingerprint density at radius 2 is 2.00 bits per heavy atom. The van der Waals surface area contributed by atoms with Crippen LogP contribution in [0.15, 0.2) is 0 Å². The van der Waals surface area contributed by atoms with E-state index in [1.165, 1.54) is 12.8 Å². The SMILES string of the molecule is CC(=O)N1CCC2(CCCO2)CC1. The largest absolute Gasteiger partial charge is 0.375 e. The van der Waals surface area contributed by atoms with Crippen molar-refractivity contribution in [3.8, 4) is 0 Å². The molecule has 2 saturated heterocycles. The molecule has 3 heteroatoms. The van der Waals surface area contributed by atoms with Gasteiger partial charge in [0.2, 0.25) is 5.91 Å². The fraction of sp³-hybridized carbons (Fsp3) is 0.900. The summed E-state index contributed by atoms with van der Waals surface area (Å²) in [4.78, 5) is 13.0. The minimum Gasteiger partial charge on any atom is -0.375 e. The molecule has 0 bridgehead atoms. The van der Waals surface area contributed by atoms with Crippen molar-refractivity contribution in [1.82, 2.24) is 4.90 Å². The molecule has 0 aromatic carbocycles. The summed E-state index contributed by atoms with van der Waals surface area (Å²) in [6.45, 7) is 4.33. The van der Waals surface area contributed by atoms with E-state index in [-0.39, 0.29) is 11.5 Å². The van der Waals surface area contributed by atoms with Gasteiger partial charge in [0.25, 0.3) is 0 Å². The molecule has 0 aliphatic carbocycles. The Morgan fingerprint density at radius 1 is 1.31 bits per heavy atom. The molecule has 0 unspecified atom stereocenters. The van der Waals surface area contributed by atoms with E-state index in [1.807, 2.05) is 4.90 Å². The number of hydrogen-bond donors (Lipinski definition) is 0. The monoisotopic (exact) mass is 183 g/mol. The molecule has 2 aliphatic rings. The molecule has 0 aromatic heterocycles. The van der Waals surface area contributed by atoms with Gasteiger partial charge in [-0.3, -0.25) is 4.79 Å². The molecule has 0 atom stereocenters. The summed E-state index contributed by atoms with van der Waals surface area (Å²) < 4.78 is 5.77. The third kappa shape index (κ3) is 1.70. The third-order valence-corrected chi connectivity index (χ3v) is 3.30. The van der Waals surface area contributed by atoms with Crippen molar-refractivity contribution in [2.24, 2.45) is 0 Å². The van der Waals surface area contributed by atoms with Crippen molar-refractivity contribution in [3.63, 3.8) is 0 Å². The number of carbonyl (C=O) groups excluding carboxylic acids is 1. The lowest BCUT2D eigenvalue weighted by Crippen LogP contribution is -2.45. The number of rotatable bonds is 0. The van der Waals surface area contributed by atoms with Crippen LogP contribution in [-0.2, 0) is 9.53 Å². The Balaban J connectivity index is 1.91. The molecule has 1 spiro atoms. The van der Waals surface area contributed by atoms with E-state index < -0.39 is 0 Å². The van der Waals surface area contributed by atoms with E-state index in [1.54, 1.807) is 6.92 Å². The van der Waals surface area contributed by atoms with E-state index in [2.05, 4.69) is 0 Å². The normalized spacial score (nSPS) is 26.7. The first kappa shape index (κ1) is 9.00. The van der Waals surface area contributed by atoms with Crippen LogP contribution in [0.2, 0.25) is 0 Å². The van der Waals surface area contributed by atoms with Gasteiger partial charge in [0, 0.05) is 26.6 Å². The van der Waals surface area contributed by atoms with Gasteiger partial charge in [0.15, 0.2) is 0 Å². The number of amides is 1. The van der Waals surface area contributed by atoms with E-state index in [0.717, 1.165) is 32.5 Å².